The lowest BCUT2D eigenvalue weighted by Gasteiger charge is -2.16. The number of aliphatic hydroxyl groups excluding tert-OH is 1. The molecule has 1 fully saturated rings. The predicted octanol–water partition coefficient (Wildman–Crippen LogP) is 3.58. The van der Waals surface area contributed by atoms with Crippen LogP contribution in [0, 0.1) is 17.6 Å². The van der Waals surface area contributed by atoms with Crippen LogP contribution in [-0.4, -0.2) is 5.11 Å². The van der Waals surface area contributed by atoms with Gasteiger partial charge in [-0.3, -0.25) is 0 Å². The Kier molecular flexibility index (Phi) is 3.54. The summed E-state index contributed by atoms with van der Waals surface area (Å²) in [5.74, 6) is -0.563. The van der Waals surface area contributed by atoms with Crippen molar-refractivity contribution in [1.29, 1.82) is 0 Å². The average Bonchev–Trinajstić information content (AvgIpc) is 2.74. The minimum Gasteiger partial charge on any atom is -0.388 e. The van der Waals surface area contributed by atoms with Crippen molar-refractivity contribution < 1.29 is 13.9 Å². The van der Waals surface area contributed by atoms with Gasteiger partial charge in [-0.05, 0) is 30.5 Å². The van der Waals surface area contributed by atoms with Crippen molar-refractivity contribution in [3.63, 3.8) is 0 Å². The van der Waals surface area contributed by atoms with Crippen molar-refractivity contribution in [2.24, 2.45) is 5.92 Å². The van der Waals surface area contributed by atoms with E-state index in [1.54, 1.807) is 0 Å². The van der Waals surface area contributed by atoms with Crippen LogP contribution in [0.3, 0.4) is 0 Å². The molecule has 0 radical (unpaired) electrons. The van der Waals surface area contributed by atoms with E-state index in [0.29, 0.717) is 12.3 Å². The molecule has 0 spiro atoms. The summed E-state index contributed by atoms with van der Waals surface area (Å²) in [5, 5.41) is 9.88. The molecule has 0 aromatic heterocycles. The topological polar surface area (TPSA) is 20.2 Å². The molecule has 3 heteroatoms. The third-order valence-electron chi connectivity index (χ3n) is 3.35. The summed E-state index contributed by atoms with van der Waals surface area (Å²) in [5.41, 5.74) is 0.0897. The van der Waals surface area contributed by atoms with E-state index in [4.69, 9.17) is 0 Å². The minimum atomic E-state index is -0.876. The van der Waals surface area contributed by atoms with E-state index in [-0.39, 0.29) is 5.56 Å². The number of hydrogen-bond acceptors (Lipinski definition) is 1. The first-order valence-corrected chi connectivity index (χ1v) is 5.80. The normalized spacial score (nSPS) is 18.9. The van der Waals surface area contributed by atoms with E-state index in [1.807, 2.05) is 0 Å². The summed E-state index contributed by atoms with van der Waals surface area (Å²) >= 11 is 0. The third kappa shape index (κ3) is 2.59. The number of hydrogen-bond donors (Lipinski definition) is 1. The molecule has 1 aliphatic carbocycles. The zero-order valence-corrected chi connectivity index (χ0v) is 9.13. The molecule has 1 nitrogen and oxygen atoms in total. The molecule has 0 aliphatic heterocycles. The first-order chi connectivity index (χ1) is 7.66. The highest BCUT2D eigenvalue weighted by Gasteiger charge is 2.21. The molecule has 1 aliphatic rings. The molecule has 1 unspecified atom stereocenters. The molecule has 16 heavy (non-hydrogen) atoms. The van der Waals surface area contributed by atoms with Crippen LogP contribution in [0.25, 0.3) is 0 Å². The number of aliphatic hydroxyl groups is 1. The maximum atomic E-state index is 13.4. The van der Waals surface area contributed by atoms with Crippen LogP contribution in [0.5, 0.6) is 0 Å². The van der Waals surface area contributed by atoms with Gasteiger partial charge in [-0.15, -0.1) is 0 Å². The van der Waals surface area contributed by atoms with E-state index >= 15 is 0 Å². The van der Waals surface area contributed by atoms with Crippen molar-refractivity contribution in [3.8, 4) is 0 Å². The Balaban J connectivity index is 2.07. The lowest BCUT2D eigenvalue weighted by molar-refractivity contribution is 0.140. The van der Waals surface area contributed by atoms with Crippen molar-refractivity contribution in [3.05, 3.63) is 35.4 Å². The lowest BCUT2D eigenvalue weighted by Crippen LogP contribution is -2.06. The number of rotatable bonds is 3. The van der Waals surface area contributed by atoms with Gasteiger partial charge < -0.3 is 5.11 Å². The Hall–Kier alpha value is -0.960. The van der Waals surface area contributed by atoms with Crippen LogP contribution in [0.15, 0.2) is 18.2 Å². The molecule has 88 valence electrons. The zero-order chi connectivity index (χ0) is 11.5. The van der Waals surface area contributed by atoms with E-state index in [0.717, 1.165) is 31.0 Å². The molecule has 0 heterocycles. The molecule has 0 saturated heterocycles. The largest absolute Gasteiger partial charge is 0.388 e. The molecule has 2 rings (SSSR count). The maximum absolute atomic E-state index is 13.4. The second-order valence-corrected chi connectivity index (χ2v) is 4.57. The van der Waals surface area contributed by atoms with Crippen molar-refractivity contribution in [1.82, 2.24) is 0 Å². The SMILES string of the molecule is OC(CC1CCCC1)c1cc(F)ccc1F. The molecule has 1 aromatic carbocycles. The van der Waals surface area contributed by atoms with Crippen molar-refractivity contribution in [2.45, 2.75) is 38.2 Å². The molecule has 0 bridgehead atoms. The predicted molar refractivity (Wildman–Crippen MR) is 57.9 cm³/mol. The molecule has 1 N–H and O–H groups in total. The molecular weight excluding hydrogens is 210 g/mol. The molecule has 1 aromatic rings. The van der Waals surface area contributed by atoms with E-state index in [2.05, 4.69) is 0 Å². The van der Waals surface area contributed by atoms with Crippen LogP contribution < -0.4 is 0 Å². The first kappa shape index (κ1) is 11.5. The van der Waals surface area contributed by atoms with Crippen molar-refractivity contribution in [2.75, 3.05) is 0 Å². The summed E-state index contributed by atoms with van der Waals surface area (Å²) in [7, 11) is 0. The van der Waals surface area contributed by atoms with E-state index in [1.165, 1.54) is 12.8 Å². The molecule has 0 amide bonds. The van der Waals surface area contributed by atoms with Gasteiger partial charge in [0.15, 0.2) is 0 Å². The highest BCUT2D eigenvalue weighted by Crippen LogP contribution is 2.33. The molecular formula is C13H16F2O. The highest BCUT2D eigenvalue weighted by atomic mass is 19.1. The number of halogens is 2. The van der Waals surface area contributed by atoms with Gasteiger partial charge >= 0.3 is 0 Å². The second-order valence-electron chi connectivity index (χ2n) is 4.57. The summed E-state index contributed by atoms with van der Waals surface area (Å²) in [6, 6.07) is 3.23. The van der Waals surface area contributed by atoms with Crippen LogP contribution in [0.4, 0.5) is 8.78 Å². The fraction of sp³-hybridized carbons (Fsp3) is 0.538. The van der Waals surface area contributed by atoms with Gasteiger partial charge in [0, 0.05) is 5.56 Å². The fourth-order valence-electron chi connectivity index (χ4n) is 2.46. The minimum absolute atomic E-state index is 0.0897. The average molecular weight is 226 g/mol. The van der Waals surface area contributed by atoms with E-state index < -0.39 is 17.7 Å². The Morgan fingerprint density at radius 1 is 1.25 bits per heavy atom. The highest BCUT2D eigenvalue weighted by molar-refractivity contribution is 5.21. The van der Waals surface area contributed by atoms with E-state index in [9.17, 15) is 13.9 Å². The number of benzene rings is 1. The zero-order valence-electron chi connectivity index (χ0n) is 9.13. The quantitative estimate of drug-likeness (QED) is 0.835. The van der Waals surface area contributed by atoms with Crippen molar-refractivity contribution >= 4 is 0 Å². The summed E-state index contributed by atoms with van der Waals surface area (Å²) in [4.78, 5) is 0. The standard InChI is InChI=1S/C13H16F2O/c14-10-5-6-12(15)11(8-10)13(16)7-9-3-1-2-4-9/h5-6,8-9,13,16H,1-4,7H2. The van der Waals surface area contributed by atoms with Gasteiger partial charge in [0.05, 0.1) is 6.10 Å². The monoisotopic (exact) mass is 226 g/mol. The second kappa shape index (κ2) is 4.91. The summed E-state index contributed by atoms with van der Waals surface area (Å²) in [6.07, 6.45) is 4.22. The van der Waals surface area contributed by atoms with Gasteiger partial charge in [0.25, 0.3) is 0 Å². The Morgan fingerprint density at radius 3 is 2.62 bits per heavy atom. The lowest BCUT2D eigenvalue weighted by atomic mass is 9.95. The van der Waals surface area contributed by atoms with Crippen LogP contribution in [0.1, 0.15) is 43.8 Å². The van der Waals surface area contributed by atoms with Gasteiger partial charge in [-0.25, -0.2) is 8.78 Å². The molecule has 1 atom stereocenters. The Morgan fingerprint density at radius 2 is 1.94 bits per heavy atom. The van der Waals surface area contributed by atoms with Crippen LogP contribution >= 0.6 is 0 Å². The van der Waals surface area contributed by atoms with Gasteiger partial charge in [0.2, 0.25) is 0 Å². The molecule has 1 saturated carbocycles. The fourth-order valence-corrected chi connectivity index (χ4v) is 2.46. The maximum Gasteiger partial charge on any atom is 0.129 e. The summed E-state index contributed by atoms with van der Waals surface area (Å²) < 4.78 is 26.3. The third-order valence-corrected chi connectivity index (χ3v) is 3.35. The van der Waals surface area contributed by atoms with Gasteiger partial charge in [0.1, 0.15) is 11.6 Å². The van der Waals surface area contributed by atoms with Gasteiger partial charge in [-0.1, -0.05) is 25.7 Å². The summed E-state index contributed by atoms with van der Waals surface area (Å²) in [6.45, 7) is 0. The Bertz CT molecular complexity index is 359. The smallest absolute Gasteiger partial charge is 0.129 e. The van der Waals surface area contributed by atoms with Crippen LogP contribution in [0.2, 0.25) is 0 Å². The van der Waals surface area contributed by atoms with Crippen LogP contribution in [-0.2, 0) is 0 Å². The Labute approximate surface area is 94.1 Å². The van der Waals surface area contributed by atoms with Gasteiger partial charge in [-0.2, -0.15) is 0 Å². The first-order valence-electron chi connectivity index (χ1n) is 5.80.